The number of rotatable bonds is 2. The van der Waals surface area contributed by atoms with E-state index >= 15 is 0 Å². The van der Waals surface area contributed by atoms with Crippen molar-refractivity contribution in [3.05, 3.63) is 24.2 Å². The van der Waals surface area contributed by atoms with Gasteiger partial charge in [0.2, 0.25) is 0 Å². The zero-order chi connectivity index (χ0) is 10.3. The predicted octanol–water partition coefficient (Wildman–Crippen LogP) is 2.20. The molecule has 0 unspecified atom stereocenters. The highest BCUT2D eigenvalue weighted by Crippen LogP contribution is 2.44. The Morgan fingerprint density at radius 2 is 2.33 bits per heavy atom. The van der Waals surface area contributed by atoms with Gasteiger partial charge < -0.3 is 9.73 Å². The van der Waals surface area contributed by atoms with E-state index in [0.717, 1.165) is 12.3 Å². The summed E-state index contributed by atoms with van der Waals surface area (Å²) in [5.74, 6) is 1.95. The lowest BCUT2D eigenvalue weighted by molar-refractivity contribution is 0.0894. The van der Waals surface area contributed by atoms with Crippen LogP contribution in [0.3, 0.4) is 0 Å². The largest absolute Gasteiger partial charge is 0.459 e. The summed E-state index contributed by atoms with van der Waals surface area (Å²) in [5, 5.41) is 3.08. The molecule has 1 aromatic rings. The van der Waals surface area contributed by atoms with Crippen molar-refractivity contribution >= 4 is 5.91 Å². The molecule has 0 aliphatic heterocycles. The maximum atomic E-state index is 11.7. The minimum Gasteiger partial charge on any atom is -0.459 e. The summed E-state index contributed by atoms with van der Waals surface area (Å²) in [4.78, 5) is 11.7. The maximum Gasteiger partial charge on any atom is 0.287 e. The molecule has 0 spiro atoms. The first-order valence-corrected chi connectivity index (χ1v) is 5.67. The highest BCUT2D eigenvalue weighted by Gasteiger charge is 2.40. The second-order valence-corrected chi connectivity index (χ2v) is 4.73. The number of amides is 1. The second kappa shape index (κ2) is 3.40. The first-order chi connectivity index (χ1) is 7.33. The molecular formula is C12H15NO2. The molecule has 1 amide bonds. The zero-order valence-corrected chi connectivity index (χ0v) is 8.61. The lowest BCUT2D eigenvalue weighted by atomic mass is 9.95. The van der Waals surface area contributed by atoms with Crippen molar-refractivity contribution in [2.75, 3.05) is 0 Å². The van der Waals surface area contributed by atoms with Crippen LogP contribution < -0.4 is 5.32 Å². The lowest BCUT2D eigenvalue weighted by Crippen LogP contribution is -2.38. The number of fused-ring (bicyclic) bond motifs is 2. The summed E-state index contributed by atoms with van der Waals surface area (Å²) < 4.78 is 5.07. The standard InChI is InChI=1S/C12H15NO2/c14-12(11-2-1-5-15-11)13-10-7-8-3-4-9(10)6-8/h1-2,5,8-10H,3-4,6-7H2,(H,13,14)/t8-,9-,10-/m1/s1. The minimum absolute atomic E-state index is 0.0578. The van der Waals surface area contributed by atoms with Gasteiger partial charge in [0.05, 0.1) is 6.26 Å². The quantitative estimate of drug-likeness (QED) is 0.804. The summed E-state index contributed by atoms with van der Waals surface area (Å²) in [7, 11) is 0. The molecule has 3 atom stereocenters. The normalized spacial score (nSPS) is 33.2. The Hall–Kier alpha value is -1.25. The first kappa shape index (κ1) is 9.01. The van der Waals surface area contributed by atoms with Gasteiger partial charge in [-0.15, -0.1) is 0 Å². The van der Waals surface area contributed by atoms with E-state index in [9.17, 15) is 4.79 Å². The van der Waals surface area contributed by atoms with Gasteiger partial charge in [-0.2, -0.15) is 0 Å². The van der Waals surface area contributed by atoms with Crippen LogP contribution in [0.5, 0.6) is 0 Å². The first-order valence-electron chi connectivity index (χ1n) is 5.67. The fourth-order valence-corrected chi connectivity index (χ4v) is 3.07. The summed E-state index contributed by atoms with van der Waals surface area (Å²) in [5.41, 5.74) is 0. The van der Waals surface area contributed by atoms with E-state index in [0.29, 0.717) is 17.7 Å². The number of hydrogen-bond acceptors (Lipinski definition) is 2. The van der Waals surface area contributed by atoms with Crippen LogP contribution in [0.2, 0.25) is 0 Å². The van der Waals surface area contributed by atoms with Crippen LogP contribution in [0, 0.1) is 11.8 Å². The van der Waals surface area contributed by atoms with Crippen LogP contribution >= 0.6 is 0 Å². The van der Waals surface area contributed by atoms with Crippen LogP contribution in [0.25, 0.3) is 0 Å². The fourth-order valence-electron chi connectivity index (χ4n) is 3.07. The van der Waals surface area contributed by atoms with E-state index in [1.54, 1.807) is 12.1 Å². The Bertz CT molecular complexity index is 358. The van der Waals surface area contributed by atoms with Crippen LogP contribution in [-0.4, -0.2) is 11.9 Å². The number of nitrogens with one attached hydrogen (secondary N) is 1. The lowest BCUT2D eigenvalue weighted by Gasteiger charge is -2.22. The van der Waals surface area contributed by atoms with Gasteiger partial charge in [-0.25, -0.2) is 0 Å². The molecule has 2 bridgehead atoms. The Morgan fingerprint density at radius 3 is 2.93 bits per heavy atom. The Balaban J connectivity index is 1.64. The minimum atomic E-state index is -0.0578. The van der Waals surface area contributed by atoms with E-state index in [4.69, 9.17) is 4.42 Å². The van der Waals surface area contributed by atoms with E-state index in [2.05, 4.69) is 5.32 Å². The van der Waals surface area contributed by atoms with Crippen LogP contribution in [0.15, 0.2) is 22.8 Å². The van der Waals surface area contributed by atoms with Crippen molar-refractivity contribution in [3.8, 4) is 0 Å². The molecule has 80 valence electrons. The summed E-state index contributed by atoms with van der Waals surface area (Å²) in [6.07, 6.45) is 6.65. The fraction of sp³-hybridized carbons (Fsp3) is 0.583. The molecule has 2 saturated carbocycles. The molecule has 3 heteroatoms. The van der Waals surface area contributed by atoms with Crippen LogP contribution in [0.1, 0.15) is 36.2 Å². The van der Waals surface area contributed by atoms with E-state index < -0.39 is 0 Å². The molecule has 1 N–H and O–H groups in total. The number of hydrogen-bond donors (Lipinski definition) is 1. The van der Waals surface area contributed by atoms with Crippen molar-refractivity contribution in [1.29, 1.82) is 0 Å². The molecular weight excluding hydrogens is 190 g/mol. The molecule has 2 aliphatic rings. The van der Waals surface area contributed by atoms with Crippen LogP contribution in [0.4, 0.5) is 0 Å². The summed E-state index contributed by atoms with van der Waals surface area (Å²) in [6, 6.07) is 3.85. The van der Waals surface area contributed by atoms with Crippen molar-refractivity contribution < 1.29 is 9.21 Å². The van der Waals surface area contributed by atoms with E-state index in [1.807, 2.05) is 0 Å². The molecule has 0 aromatic carbocycles. The van der Waals surface area contributed by atoms with Crippen molar-refractivity contribution in [2.24, 2.45) is 11.8 Å². The third kappa shape index (κ3) is 1.56. The highest BCUT2D eigenvalue weighted by molar-refractivity contribution is 5.91. The number of carbonyl (C=O) groups is 1. The molecule has 15 heavy (non-hydrogen) atoms. The van der Waals surface area contributed by atoms with Crippen molar-refractivity contribution in [1.82, 2.24) is 5.32 Å². The summed E-state index contributed by atoms with van der Waals surface area (Å²) in [6.45, 7) is 0. The van der Waals surface area contributed by atoms with Gasteiger partial charge >= 0.3 is 0 Å². The van der Waals surface area contributed by atoms with Crippen molar-refractivity contribution in [3.63, 3.8) is 0 Å². The third-order valence-corrected chi connectivity index (χ3v) is 3.80. The van der Waals surface area contributed by atoms with Gasteiger partial charge in [0.25, 0.3) is 5.91 Å². The Labute approximate surface area is 88.8 Å². The molecule has 3 rings (SSSR count). The maximum absolute atomic E-state index is 11.7. The van der Waals surface area contributed by atoms with Crippen molar-refractivity contribution in [2.45, 2.75) is 31.7 Å². The average Bonchev–Trinajstić information content (AvgIpc) is 2.95. The highest BCUT2D eigenvalue weighted by atomic mass is 16.3. The zero-order valence-electron chi connectivity index (χ0n) is 8.61. The molecule has 1 heterocycles. The second-order valence-electron chi connectivity index (χ2n) is 4.73. The summed E-state index contributed by atoms with van der Waals surface area (Å²) >= 11 is 0. The van der Waals surface area contributed by atoms with Gasteiger partial charge in [0.1, 0.15) is 0 Å². The van der Waals surface area contributed by atoms with Gasteiger partial charge in [0.15, 0.2) is 5.76 Å². The molecule has 1 aromatic heterocycles. The van der Waals surface area contributed by atoms with Gasteiger partial charge in [-0.05, 0) is 43.2 Å². The Morgan fingerprint density at radius 1 is 1.40 bits per heavy atom. The SMILES string of the molecule is O=C(N[C@@H]1C[C@@H]2CC[C@@H]1C2)c1ccco1. The third-order valence-electron chi connectivity index (χ3n) is 3.80. The molecule has 2 fully saturated rings. The van der Waals surface area contributed by atoms with E-state index in [1.165, 1.54) is 25.5 Å². The van der Waals surface area contributed by atoms with Gasteiger partial charge in [0, 0.05) is 6.04 Å². The smallest absolute Gasteiger partial charge is 0.287 e. The predicted molar refractivity (Wildman–Crippen MR) is 55.4 cm³/mol. The van der Waals surface area contributed by atoms with Gasteiger partial charge in [-0.3, -0.25) is 4.79 Å². The molecule has 0 radical (unpaired) electrons. The average molecular weight is 205 g/mol. The number of carbonyl (C=O) groups excluding carboxylic acids is 1. The molecule has 2 aliphatic carbocycles. The number of furan rings is 1. The molecule has 0 saturated heterocycles. The van der Waals surface area contributed by atoms with E-state index in [-0.39, 0.29) is 5.91 Å². The Kier molecular flexibility index (Phi) is 2.04. The topological polar surface area (TPSA) is 42.2 Å². The van der Waals surface area contributed by atoms with Crippen LogP contribution in [-0.2, 0) is 0 Å². The van der Waals surface area contributed by atoms with Gasteiger partial charge in [-0.1, -0.05) is 6.42 Å². The monoisotopic (exact) mass is 205 g/mol. The molecule has 3 nitrogen and oxygen atoms in total.